The highest BCUT2D eigenvalue weighted by Crippen LogP contribution is 2.14. The molecule has 2 aromatic rings. The average molecular weight is 356 g/mol. The Kier molecular flexibility index (Phi) is 4.00. The maximum Gasteiger partial charge on any atom is 0.251 e. The minimum atomic E-state index is -0.246. The largest absolute Gasteiger partial charge is 0.444 e. The molecular weight excluding hydrogens is 343 g/mol. The van der Waals surface area contributed by atoms with Crippen LogP contribution in [0, 0.1) is 10.5 Å². The lowest BCUT2D eigenvalue weighted by Gasteiger charge is -2.10. The van der Waals surface area contributed by atoms with Gasteiger partial charge in [0.2, 0.25) is 5.89 Å². The Labute approximate surface area is 119 Å². The van der Waals surface area contributed by atoms with E-state index in [-0.39, 0.29) is 11.9 Å². The van der Waals surface area contributed by atoms with Crippen molar-refractivity contribution in [2.45, 2.75) is 19.9 Å². The minimum Gasteiger partial charge on any atom is -0.444 e. The Hall–Kier alpha value is -1.37. The second-order valence-electron chi connectivity index (χ2n) is 4.01. The first-order valence-corrected chi connectivity index (χ1v) is 6.63. The fourth-order valence-corrected chi connectivity index (χ4v) is 2.09. The van der Waals surface area contributed by atoms with Gasteiger partial charge in [-0.05, 0) is 54.6 Å². The van der Waals surface area contributed by atoms with E-state index in [1.807, 2.05) is 32.0 Å². The fraction of sp³-hybridized carbons (Fsp3) is 0.231. The number of oxazole rings is 1. The van der Waals surface area contributed by atoms with Gasteiger partial charge in [0.25, 0.3) is 5.91 Å². The van der Waals surface area contributed by atoms with Crippen LogP contribution in [0.2, 0.25) is 0 Å². The predicted octanol–water partition coefficient (Wildman–Crippen LogP) is 3.08. The summed E-state index contributed by atoms with van der Waals surface area (Å²) in [6.07, 6.45) is 1.64. The van der Waals surface area contributed by atoms with Gasteiger partial charge in [-0.2, -0.15) is 0 Å². The molecule has 0 saturated heterocycles. The van der Waals surface area contributed by atoms with Crippen LogP contribution < -0.4 is 5.32 Å². The van der Waals surface area contributed by atoms with Gasteiger partial charge in [0, 0.05) is 9.13 Å². The van der Waals surface area contributed by atoms with Crippen LogP contribution in [0.5, 0.6) is 0 Å². The van der Waals surface area contributed by atoms with Gasteiger partial charge in [0.05, 0.1) is 6.20 Å². The molecule has 0 aliphatic carbocycles. The molecule has 1 amide bonds. The minimum absolute atomic E-state index is 0.128. The van der Waals surface area contributed by atoms with Crippen molar-refractivity contribution in [2.24, 2.45) is 0 Å². The van der Waals surface area contributed by atoms with Crippen LogP contribution in [-0.4, -0.2) is 10.9 Å². The Morgan fingerprint density at radius 3 is 2.89 bits per heavy atom. The van der Waals surface area contributed by atoms with E-state index < -0.39 is 0 Å². The van der Waals surface area contributed by atoms with Gasteiger partial charge in [-0.3, -0.25) is 4.79 Å². The van der Waals surface area contributed by atoms with E-state index in [2.05, 4.69) is 32.9 Å². The first-order valence-electron chi connectivity index (χ1n) is 5.55. The van der Waals surface area contributed by atoms with Crippen molar-refractivity contribution in [1.82, 2.24) is 10.3 Å². The summed E-state index contributed by atoms with van der Waals surface area (Å²) in [5.74, 6) is 1.13. The number of hydrogen-bond donors (Lipinski definition) is 1. The molecule has 1 unspecified atom stereocenters. The molecule has 18 heavy (non-hydrogen) atoms. The Bertz CT molecular complexity index is 566. The zero-order chi connectivity index (χ0) is 13.1. The monoisotopic (exact) mass is 356 g/mol. The molecule has 1 heterocycles. The molecule has 1 atom stereocenters. The van der Waals surface area contributed by atoms with Crippen LogP contribution >= 0.6 is 22.6 Å². The van der Waals surface area contributed by atoms with Crippen molar-refractivity contribution in [2.75, 3.05) is 0 Å². The molecule has 0 fully saturated rings. The van der Waals surface area contributed by atoms with Crippen LogP contribution in [0.1, 0.15) is 35.0 Å². The third-order valence-electron chi connectivity index (χ3n) is 2.44. The third kappa shape index (κ3) is 3.10. The average Bonchev–Trinajstić information content (AvgIpc) is 2.76. The molecule has 0 spiro atoms. The second kappa shape index (κ2) is 5.51. The van der Waals surface area contributed by atoms with Crippen LogP contribution in [0.3, 0.4) is 0 Å². The van der Waals surface area contributed by atoms with Gasteiger partial charge in [0.15, 0.2) is 0 Å². The number of aromatic nitrogens is 1. The number of carbonyl (C=O) groups excluding carboxylic acids is 1. The Morgan fingerprint density at radius 1 is 1.50 bits per heavy atom. The molecule has 4 nitrogen and oxygen atoms in total. The van der Waals surface area contributed by atoms with Crippen molar-refractivity contribution in [3.05, 3.63) is 51.2 Å². The summed E-state index contributed by atoms with van der Waals surface area (Å²) in [6, 6.07) is 7.17. The number of amides is 1. The molecule has 94 valence electrons. The molecule has 1 aromatic heterocycles. The van der Waals surface area contributed by atoms with E-state index in [0.29, 0.717) is 11.5 Å². The van der Waals surface area contributed by atoms with Gasteiger partial charge in [-0.25, -0.2) is 4.98 Å². The van der Waals surface area contributed by atoms with E-state index in [4.69, 9.17) is 4.42 Å². The zero-order valence-corrected chi connectivity index (χ0v) is 12.3. The number of rotatable bonds is 3. The molecule has 1 aromatic carbocycles. The number of halogens is 1. The summed E-state index contributed by atoms with van der Waals surface area (Å²) in [6.45, 7) is 3.67. The molecule has 0 saturated carbocycles. The summed E-state index contributed by atoms with van der Waals surface area (Å²) < 4.78 is 6.41. The molecule has 1 N–H and O–H groups in total. The molecule has 0 aliphatic heterocycles. The Morgan fingerprint density at radius 2 is 2.28 bits per heavy atom. The highest BCUT2D eigenvalue weighted by molar-refractivity contribution is 14.1. The Balaban J connectivity index is 2.08. The zero-order valence-electron chi connectivity index (χ0n) is 10.1. The SMILES string of the molecule is Cc1cnc(C(C)NC(=O)c2cccc(I)c2)o1. The highest BCUT2D eigenvalue weighted by atomic mass is 127. The molecule has 5 heteroatoms. The van der Waals surface area contributed by atoms with Crippen molar-refractivity contribution in [3.8, 4) is 0 Å². The van der Waals surface area contributed by atoms with Gasteiger partial charge < -0.3 is 9.73 Å². The standard InChI is InChI=1S/C13H13IN2O2/c1-8-7-15-13(18-8)9(2)16-12(17)10-4-3-5-11(14)6-10/h3-7,9H,1-2H3,(H,16,17). The number of benzene rings is 1. The normalized spacial score (nSPS) is 12.2. The van der Waals surface area contributed by atoms with Crippen LogP contribution in [0.25, 0.3) is 0 Å². The van der Waals surface area contributed by atoms with Crippen molar-refractivity contribution >= 4 is 28.5 Å². The number of nitrogens with zero attached hydrogens (tertiary/aromatic N) is 1. The smallest absolute Gasteiger partial charge is 0.251 e. The summed E-state index contributed by atoms with van der Waals surface area (Å²) in [7, 11) is 0. The molecule has 0 aliphatic rings. The third-order valence-corrected chi connectivity index (χ3v) is 3.11. The van der Waals surface area contributed by atoms with Crippen molar-refractivity contribution in [3.63, 3.8) is 0 Å². The van der Waals surface area contributed by atoms with Crippen LogP contribution in [0.4, 0.5) is 0 Å². The lowest BCUT2D eigenvalue weighted by Crippen LogP contribution is -2.26. The second-order valence-corrected chi connectivity index (χ2v) is 5.26. The van der Waals surface area contributed by atoms with Gasteiger partial charge in [0.1, 0.15) is 11.8 Å². The molecular formula is C13H13IN2O2. The van der Waals surface area contributed by atoms with E-state index in [1.165, 1.54) is 0 Å². The number of carbonyl (C=O) groups is 1. The highest BCUT2D eigenvalue weighted by Gasteiger charge is 2.15. The summed E-state index contributed by atoms with van der Waals surface area (Å²) >= 11 is 2.18. The van der Waals surface area contributed by atoms with E-state index in [0.717, 1.165) is 9.33 Å². The first kappa shape index (κ1) is 13.1. The lowest BCUT2D eigenvalue weighted by molar-refractivity contribution is 0.0934. The van der Waals surface area contributed by atoms with Gasteiger partial charge >= 0.3 is 0 Å². The summed E-state index contributed by atoms with van der Waals surface area (Å²) in [4.78, 5) is 16.1. The molecule has 0 bridgehead atoms. The predicted molar refractivity (Wildman–Crippen MR) is 76.3 cm³/mol. The maximum atomic E-state index is 12.0. The summed E-state index contributed by atoms with van der Waals surface area (Å²) in [5.41, 5.74) is 0.636. The van der Waals surface area contributed by atoms with E-state index >= 15 is 0 Å². The molecule has 0 radical (unpaired) electrons. The van der Waals surface area contributed by atoms with Crippen LogP contribution in [0.15, 0.2) is 34.9 Å². The lowest BCUT2D eigenvalue weighted by atomic mass is 10.2. The number of hydrogen-bond acceptors (Lipinski definition) is 3. The van der Waals surface area contributed by atoms with E-state index in [9.17, 15) is 4.79 Å². The van der Waals surface area contributed by atoms with Crippen molar-refractivity contribution < 1.29 is 9.21 Å². The topological polar surface area (TPSA) is 55.1 Å². The number of aryl methyl sites for hydroxylation is 1. The number of nitrogens with one attached hydrogen (secondary N) is 1. The fourth-order valence-electron chi connectivity index (χ4n) is 1.54. The molecule has 2 rings (SSSR count). The van der Waals surface area contributed by atoms with E-state index in [1.54, 1.807) is 12.3 Å². The van der Waals surface area contributed by atoms with Gasteiger partial charge in [-0.1, -0.05) is 6.07 Å². The van der Waals surface area contributed by atoms with Crippen LogP contribution in [-0.2, 0) is 0 Å². The van der Waals surface area contributed by atoms with Gasteiger partial charge in [-0.15, -0.1) is 0 Å². The van der Waals surface area contributed by atoms with Crippen molar-refractivity contribution in [1.29, 1.82) is 0 Å². The summed E-state index contributed by atoms with van der Waals surface area (Å²) in [5, 5.41) is 2.85. The quantitative estimate of drug-likeness (QED) is 0.860. The first-order chi connectivity index (χ1) is 8.56. The maximum absolute atomic E-state index is 12.0.